The fraction of sp³-hybridized carbons (Fsp3) is 0.632. The third kappa shape index (κ3) is 9.89. The third-order valence-corrected chi connectivity index (χ3v) is 4.12. The van der Waals surface area contributed by atoms with Gasteiger partial charge in [0.15, 0.2) is 5.96 Å². The first-order valence-corrected chi connectivity index (χ1v) is 9.12. The van der Waals surface area contributed by atoms with Crippen LogP contribution in [0.4, 0.5) is 0 Å². The van der Waals surface area contributed by atoms with Crippen LogP contribution in [-0.2, 0) is 4.74 Å². The Kier molecular flexibility index (Phi) is 12.5. The minimum Gasteiger partial charge on any atom is -0.494 e. The zero-order chi connectivity index (χ0) is 16.9. The normalized spacial score (nSPS) is 14.8. The largest absolute Gasteiger partial charge is 0.494 e. The van der Waals surface area contributed by atoms with Crippen LogP contribution < -0.4 is 15.4 Å². The van der Waals surface area contributed by atoms with Crippen molar-refractivity contribution in [1.29, 1.82) is 0 Å². The minimum atomic E-state index is 0. The monoisotopic (exact) mass is 461 g/mol. The number of halogens is 1. The van der Waals surface area contributed by atoms with E-state index in [2.05, 4.69) is 15.6 Å². The average molecular weight is 461 g/mol. The molecule has 0 radical (unpaired) electrons. The van der Waals surface area contributed by atoms with Gasteiger partial charge in [0, 0.05) is 26.7 Å². The zero-order valence-electron chi connectivity index (χ0n) is 15.2. The Hall–Kier alpha value is -1.02. The number of guanidine groups is 1. The summed E-state index contributed by atoms with van der Waals surface area (Å²) >= 11 is 0. The number of hydrogen-bond acceptors (Lipinski definition) is 3. The number of aliphatic imine (C=N–C) groups is 1. The smallest absolute Gasteiger partial charge is 0.190 e. The molecule has 2 N–H and O–H groups in total. The van der Waals surface area contributed by atoms with Crippen molar-refractivity contribution in [2.75, 3.05) is 33.4 Å². The van der Waals surface area contributed by atoms with Crippen molar-refractivity contribution in [3.8, 4) is 5.75 Å². The Morgan fingerprint density at radius 2 is 1.68 bits per heavy atom. The molecule has 0 atom stereocenters. The van der Waals surface area contributed by atoms with Crippen LogP contribution in [0.15, 0.2) is 35.3 Å². The molecule has 0 amide bonds. The van der Waals surface area contributed by atoms with Crippen LogP contribution in [0.1, 0.15) is 38.5 Å². The fourth-order valence-electron chi connectivity index (χ4n) is 2.79. The standard InChI is InChI=1S/C19H31N3O2.HI/c1-20-19(22-14-8-16-24-18-11-5-6-12-18)21-13-7-15-23-17-9-3-2-4-10-17;/h2-4,9-10,18H,5-8,11-16H2,1H3,(H2,20,21,22);1H. The van der Waals surface area contributed by atoms with E-state index in [4.69, 9.17) is 9.47 Å². The SMILES string of the molecule is CN=C(NCCCOc1ccccc1)NCCCOC1CCCC1.I. The number of nitrogens with one attached hydrogen (secondary N) is 2. The quantitative estimate of drug-likeness (QED) is 0.242. The fourth-order valence-corrected chi connectivity index (χ4v) is 2.79. The lowest BCUT2D eigenvalue weighted by atomic mass is 10.3. The van der Waals surface area contributed by atoms with E-state index in [0.717, 1.165) is 44.2 Å². The van der Waals surface area contributed by atoms with E-state index < -0.39 is 0 Å². The van der Waals surface area contributed by atoms with Crippen molar-refractivity contribution in [1.82, 2.24) is 10.6 Å². The highest BCUT2D eigenvalue weighted by Gasteiger charge is 2.14. The summed E-state index contributed by atoms with van der Waals surface area (Å²) in [6, 6.07) is 9.90. The molecule has 1 aromatic carbocycles. The van der Waals surface area contributed by atoms with Gasteiger partial charge in [-0.3, -0.25) is 4.99 Å². The van der Waals surface area contributed by atoms with E-state index >= 15 is 0 Å². The summed E-state index contributed by atoms with van der Waals surface area (Å²) in [5, 5.41) is 6.63. The number of rotatable bonds is 10. The van der Waals surface area contributed by atoms with E-state index in [9.17, 15) is 0 Å². The van der Waals surface area contributed by atoms with Crippen LogP contribution in [0.2, 0.25) is 0 Å². The maximum atomic E-state index is 5.86. The van der Waals surface area contributed by atoms with E-state index in [0.29, 0.717) is 12.7 Å². The van der Waals surface area contributed by atoms with Gasteiger partial charge in [-0.05, 0) is 37.8 Å². The Morgan fingerprint density at radius 3 is 2.32 bits per heavy atom. The molecule has 0 aliphatic heterocycles. The molecule has 6 heteroatoms. The molecule has 0 bridgehead atoms. The van der Waals surface area contributed by atoms with Gasteiger partial charge < -0.3 is 20.1 Å². The zero-order valence-corrected chi connectivity index (χ0v) is 17.5. The van der Waals surface area contributed by atoms with Crippen molar-refractivity contribution in [3.05, 3.63) is 30.3 Å². The van der Waals surface area contributed by atoms with Gasteiger partial charge in [-0.15, -0.1) is 24.0 Å². The molecule has 1 fully saturated rings. The number of ether oxygens (including phenoxy) is 2. The number of benzene rings is 1. The Labute approximate surface area is 169 Å². The van der Waals surface area contributed by atoms with Crippen LogP contribution >= 0.6 is 24.0 Å². The van der Waals surface area contributed by atoms with Crippen molar-refractivity contribution in [2.24, 2.45) is 4.99 Å². The van der Waals surface area contributed by atoms with Crippen LogP contribution in [0.3, 0.4) is 0 Å². The average Bonchev–Trinajstić information content (AvgIpc) is 3.14. The van der Waals surface area contributed by atoms with E-state index in [1.54, 1.807) is 7.05 Å². The van der Waals surface area contributed by atoms with Crippen molar-refractivity contribution in [2.45, 2.75) is 44.6 Å². The predicted octanol–water partition coefficient (Wildman–Crippen LogP) is 3.59. The molecule has 0 saturated heterocycles. The molecule has 1 saturated carbocycles. The summed E-state index contributed by atoms with van der Waals surface area (Å²) in [4.78, 5) is 4.23. The maximum Gasteiger partial charge on any atom is 0.190 e. The molecule has 5 nitrogen and oxygen atoms in total. The summed E-state index contributed by atoms with van der Waals surface area (Å²) < 4.78 is 11.5. The summed E-state index contributed by atoms with van der Waals surface area (Å²) in [5.74, 6) is 1.76. The van der Waals surface area contributed by atoms with Crippen LogP contribution in [-0.4, -0.2) is 45.4 Å². The van der Waals surface area contributed by atoms with Crippen molar-refractivity contribution >= 4 is 29.9 Å². The lowest BCUT2D eigenvalue weighted by molar-refractivity contribution is 0.0574. The Bertz CT molecular complexity index is 465. The first kappa shape index (κ1) is 22.0. The van der Waals surface area contributed by atoms with E-state index in [1.807, 2.05) is 30.3 Å². The Balaban J connectivity index is 0.00000312. The highest BCUT2D eigenvalue weighted by molar-refractivity contribution is 14.0. The lowest BCUT2D eigenvalue weighted by Gasteiger charge is -2.13. The lowest BCUT2D eigenvalue weighted by Crippen LogP contribution is -2.38. The molecule has 1 aliphatic carbocycles. The second-order valence-electron chi connectivity index (χ2n) is 6.07. The summed E-state index contributed by atoms with van der Waals surface area (Å²) in [6.07, 6.45) is 7.58. The van der Waals surface area contributed by atoms with Crippen molar-refractivity contribution < 1.29 is 9.47 Å². The van der Waals surface area contributed by atoms with E-state index in [-0.39, 0.29) is 24.0 Å². The molecular formula is C19H32IN3O2. The van der Waals surface area contributed by atoms with Gasteiger partial charge >= 0.3 is 0 Å². The van der Waals surface area contributed by atoms with Gasteiger partial charge in [0.1, 0.15) is 5.75 Å². The highest BCUT2D eigenvalue weighted by Crippen LogP contribution is 2.20. The third-order valence-electron chi connectivity index (χ3n) is 4.12. The Morgan fingerprint density at radius 1 is 1.04 bits per heavy atom. The first-order valence-electron chi connectivity index (χ1n) is 9.12. The molecule has 1 aliphatic rings. The molecule has 2 rings (SSSR count). The summed E-state index contributed by atoms with van der Waals surface area (Å²) in [6.45, 7) is 3.25. The number of nitrogens with zero attached hydrogens (tertiary/aromatic N) is 1. The minimum absolute atomic E-state index is 0. The van der Waals surface area contributed by atoms with Crippen molar-refractivity contribution in [3.63, 3.8) is 0 Å². The summed E-state index contributed by atoms with van der Waals surface area (Å²) in [5.41, 5.74) is 0. The van der Waals surface area contributed by atoms with Gasteiger partial charge in [-0.25, -0.2) is 0 Å². The number of hydrogen-bond donors (Lipinski definition) is 2. The number of para-hydroxylation sites is 1. The van der Waals surface area contributed by atoms with Crippen LogP contribution in [0, 0.1) is 0 Å². The molecule has 0 heterocycles. The molecule has 0 spiro atoms. The van der Waals surface area contributed by atoms with Gasteiger partial charge in [0.2, 0.25) is 0 Å². The van der Waals surface area contributed by atoms with Gasteiger partial charge in [0.05, 0.1) is 12.7 Å². The topological polar surface area (TPSA) is 54.9 Å². The molecular weight excluding hydrogens is 429 g/mol. The maximum absolute atomic E-state index is 5.86. The summed E-state index contributed by atoms with van der Waals surface area (Å²) in [7, 11) is 1.80. The second kappa shape index (κ2) is 14.2. The van der Waals surface area contributed by atoms with Crippen LogP contribution in [0.25, 0.3) is 0 Å². The van der Waals surface area contributed by atoms with E-state index in [1.165, 1.54) is 25.7 Å². The predicted molar refractivity (Wildman–Crippen MR) is 114 cm³/mol. The molecule has 0 aromatic heterocycles. The highest BCUT2D eigenvalue weighted by atomic mass is 127. The van der Waals surface area contributed by atoms with Gasteiger partial charge in [-0.1, -0.05) is 31.0 Å². The second-order valence-corrected chi connectivity index (χ2v) is 6.07. The molecule has 0 unspecified atom stereocenters. The molecule has 25 heavy (non-hydrogen) atoms. The molecule has 1 aromatic rings. The molecule has 142 valence electrons. The first-order chi connectivity index (χ1) is 11.9. The van der Waals surface area contributed by atoms with Gasteiger partial charge in [-0.2, -0.15) is 0 Å². The van der Waals surface area contributed by atoms with Crippen LogP contribution in [0.5, 0.6) is 5.75 Å². The van der Waals surface area contributed by atoms with Gasteiger partial charge in [0.25, 0.3) is 0 Å².